The van der Waals surface area contributed by atoms with Crippen molar-refractivity contribution in [1.82, 2.24) is 0 Å². The molecule has 0 aromatic rings. The standard InChI is InChI=1S/C10H19NO2/c1-10(11,9(12)13-2)8-6-4-3-5-7-8/h8H,3-7,11H2,1-2H3/t10-/m0/s1. The van der Waals surface area contributed by atoms with Crippen LogP contribution in [0.3, 0.4) is 0 Å². The molecule has 0 unspecified atom stereocenters. The molecule has 0 amide bonds. The molecule has 3 nitrogen and oxygen atoms in total. The Morgan fingerprint density at radius 3 is 2.38 bits per heavy atom. The van der Waals surface area contributed by atoms with E-state index < -0.39 is 5.54 Å². The van der Waals surface area contributed by atoms with Gasteiger partial charge in [0, 0.05) is 0 Å². The SMILES string of the molecule is COC(=O)[C@@](C)(N)C1CCCCC1. The summed E-state index contributed by atoms with van der Waals surface area (Å²) in [6.07, 6.45) is 5.76. The lowest BCUT2D eigenvalue weighted by Gasteiger charge is -2.34. The minimum atomic E-state index is -0.783. The van der Waals surface area contributed by atoms with Crippen molar-refractivity contribution in [3.8, 4) is 0 Å². The molecule has 1 fully saturated rings. The van der Waals surface area contributed by atoms with Gasteiger partial charge in [0.1, 0.15) is 5.54 Å². The van der Waals surface area contributed by atoms with Gasteiger partial charge in [-0.25, -0.2) is 0 Å². The van der Waals surface area contributed by atoms with Crippen molar-refractivity contribution >= 4 is 5.97 Å². The zero-order valence-electron chi connectivity index (χ0n) is 8.51. The number of hydrogen-bond acceptors (Lipinski definition) is 3. The van der Waals surface area contributed by atoms with E-state index in [1.807, 2.05) is 0 Å². The maximum absolute atomic E-state index is 11.4. The summed E-state index contributed by atoms with van der Waals surface area (Å²) in [5, 5.41) is 0. The Balaban J connectivity index is 2.60. The average Bonchev–Trinajstić information content (AvgIpc) is 2.18. The van der Waals surface area contributed by atoms with Crippen LogP contribution in [0.1, 0.15) is 39.0 Å². The number of esters is 1. The van der Waals surface area contributed by atoms with Crippen molar-refractivity contribution < 1.29 is 9.53 Å². The van der Waals surface area contributed by atoms with Gasteiger partial charge in [-0.15, -0.1) is 0 Å². The van der Waals surface area contributed by atoms with Crippen LogP contribution in [0, 0.1) is 5.92 Å². The Labute approximate surface area is 79.6 Å². The topological polar surface area (TPSA) is 52.3 Å². The number of rotatable bonds is 2. The van der Waals surface area contributed by atoms with Gasteiger partial charge in [0.15, 0.2) is 0 Å². The fourth-order valence-corrected chi connectivity index (χ4v) is 2.09. The van der Waals surface area contributed by atoms with Gasteiger partial charge in [0.2, 0.25) is 0 Å². The van der Waals surface area contributed by atoms with Crippen molar-refractivity contribution in [3.05, 3.63) is 0 Å². The molecule has 13 heavy (non-hydrogen) atoms. The highest BCUT2D eigenvalue weighted by molar-refractivity contribution is 5.80. The van der Waals surface area contributed by atoms with Crippen LogP contribution >= 0.6 is 0 Å². The molecular formula is C10H19NO2. The van der Waals surface area contributed by atoms with Crippen LogP contribution in [0.5, 0.6) is 0 Å². The predicted molar refractivity (Wildman–Crippen MR) is 51.2 cm³/mol. The van der Waals surface area contributed by atoms with Gasteiger partial charge >= 0.3 is 5.97 Å². The number of hydrogen-bond donors (Lipinski definition) is 1. The second-order valence-electron chi connectivity index (χ2n) is 4.11. The van der Waals surface area contributed by atoms with Gasteiger partial charge in [-0.2, -0.15) is 0 Å². The number of carbonyl (C=O) groups is 1. The normalized spacial score (nSPS) is 23.6. The molecule has 0 bridgehead atoms. The van der Waals surface area contributed by atoms with E-state index >= 15 is 0 Å². The first-order chi connectivity index (χ1) is 6.09. The molecule has 0 aromatic carbocycles. The fourth-order valence-electron chi connectivity index (χ4n) is 2.09. The van der Waals surface area contributed by atoms with E-state index in [4.69, 9.17) is 10.5 Å². The Kier molecular flexibility index (Phi) is 3.31. The summed E-state index contributed by atoms with van der Waals surface area (Å²) in [5.41, 5.74) is 5.19. The highest BCUT2D eigenvalue weighted by atomic mass is 16.5. The van der Waals surface area contributed by atoms with Gasteiger partial charge in [0.05, 0.1) is 7.11 Å². The molecule has 1 rings (SSSR count). The minimum Gasteiger partial charge on any atom is -0.468 e. The lowest BCUT2D eigenvalue weighted by atomic mass is 9.76. The van der Waals surface area contributed by atoms with E-state index in [1.54, 1.807) is 6.92 Å². The van der Waals surface area contributed by atoms with Crippen LogP contribution in [0.2, 0.25) is 0 Å². The largest absolute Gasteiger partial charge is 0.468 e. The number of methoxy groups -OCH3 is 1. The number of ether oxygens (including phenoxy) is 1. The molecule has 1 atom stereocenters. The van der Waals surface area contributed by atoms with E-state index in [2.05, 4.69) is 0 Å². The predicted octanol–water partition coefficient (Wildman–Crippen LogP) is 1.46. The third kappa shape index (κ3) is 2.21. The van der Waals surface area contributed by atoms with Gasteiger partial charge in [-0.05, 0) is 25.7 Å². The molecule has 0 saturated heterocycles. The molecular weight excluding hydrogens is 166 g/mol. The van der Waals surface area contributed by atoms with E-state index in [0.717, 1.165) is 12.8 Å². The number of carbonyl (C=O) groups excluding carboxylic acids is 1. The summed E-state index contributed by atoms with van der Waals surface area (Å²) < 4.78 is 4.70. The molecule has 76 valence electrons. The zero-order valence-corrected chi connectivity index (χ0v) is 8.51. The maximum atomic E-state index is 11.4. The zero-order chi connectivity index (χ0) is 9.90. The first-order valence-electron chi connectivity index (χ1n) is 4.96. The molecule has 1 saturated carbocycles. The minimum absolute atomic E-state index is 0.278. The van der Waals surface area contributed by atoms with Crippen LogP contribution in [0.25, 0.3) is 0 Å². The Morgan fingerprint density at radius 1 is 1.38 bits per heavy atom. The average molecular weight is 185 g/mol. The first-order valence-corrected chi connectivity index (χ1v) is 4.96. The van der Waals surface area contributed by atoms with Gasteiger partial charge in [-0.1, -0.05) is 19.3 Å². The summed E-state index contributed by atoms with van der Waals surface area (Å²) in [4.78, 5) is 11.4. The first kappa shape index (κ1) is 10.5. The van der Waals surface area contributed by atoms with Crippen LogP contribution in [0.15, 0.2) is 0 Å². The molecule has 1 aliphatic carbocycles. The third-order valence-electron chi connectivity index (χ3n) is 3.08. The Morgan fingerprint density at radius 2 is 1.92 bits per heavy atom. The monoisotopic (exact) mass is 185 g/mol. The lowest BCUT2D eigenvalue weighted by molar-refractivity contribution is -0.149. The van der Waals surface area contributed by atoms with Crippen molar-refractivity contribution in [3.63, 3.8) is 0 Å². The quantitative estimate of drug-likeness (QED) is 0.662. The second-order valence-corrected chi connectivity index (χ2v) is 4.11. The molecule has 0 aliphatic heterocycles. The maximum Gasteiger partial charge on any atom is 0.325 e. The van der Waals surface area contributed by atoms with Crippen molar-refractivity contribution in [1.29, 1.82) is 0 Å². The Bertz CT molecular complexity index is 183. The van der Waals surface area contributed by atoms with Crippen molar-refractivity contribution in [2.24, 2.45) is 11.7 Å². The third-order valence-corrected chi connectivity index (χ3v) is 3.08. The van der Waals surface area contributed by atoms with Gasteiger partial charge in [-0.3, -0.25) is 4.79 Å². The molecule has 0 heterocycles. The van der Waals surface area contributed by atoms with Crippen LogP contribution < -0.4 is 5.73 Å². The summed E-state index contributed by atoms with van der Waals surface area (Å²) in [6, 6.07) is 0. The smallest absolute Gasteiger partial charge is 0.325 e. The van der Waals surface area contributed by atoms with E-state index in [-0.39, 0.29) is 5.97 Å². The molecule has 2 N–H and O–H groups in total. The highest BCUT2D eigenvalue weighted by Gasteiger charge is 2.38. The summed E-state index contributed by atoms with van der Waals surface area (Å²) in [7, 11) is 1.40. The molecule has 1 aliphatic rings. The van der Waals surface area contributed by atoms with Crippen molar-refractivity contribution in [2.45, 2.75) is 44.6 Å². The summed E-state index contributed by atoms with van der Waals surface area (Å²) in [6.45, 7) is 1.79. The van der Waals surface area contributed by atoms with E-state index in [9.17, 15) is 4.79 Å². The summed E-state index contributed by atoms with van der Waals surface area (Å²) in [5.74, 6) is 0.0214. The molecule has 0 radical (unpaired) electrons. The molecule has 3 heteroatoms. The van der Waals surface area contributed by atoms with E-state index in [0.29, 0.717) is 5.92 Å². The van der Waals surface area contributed by atoms with Crippen LogP contribution in [-0.4, -0.2) is 18.6 Å². The van der Waals surface area contributed by atoms with Crippen LogP contribution in [0.4, 0.5) is 0 Å². The Hall–Kier alpha value is -0.570. The van der Waals surface area contributed by atoms with E-state index in [1.165, 1.54) is 26.4 Å². The lowest BCUT2D eigenvalue weighted by Crippen LogP contribution is -2.52. The molecule has 0 aromatic heterocycles. The summed E-state index contributed by atoms with van der Waals surface area (Å²) >= 11 is 0. The van der Waals surface area contributed by atoms with Crippen molar-refractivity contribution in [2.75, 3.05) is 7.11 Å². The fraction of sp³-hybridized carbons (Fsp3) is 0.900. The highest BCUT2D eigenvalue weighted by Crippen LogP contribution is 2.31. The van der Waals surface area contributed by atoms with Gasteiger partial charge in [0.25, 0.3) is 0 Å². The van der Waals surface area contributed by atoms with Gasteiger partial charge < -0.3 is 10.5 Å². The van der Waals surface area contributed by atoms with Crippen LogP contribution in [-0.2, 0) is 9.53 Å². The number of nitrogens with two attached hydrogens (primary N) is 1. The second kappa shape index (κ2) is 4.09. The molecule has 0 spiro atoms.